The molecule has 0 spiro atoms. The quantitative estimate of drug-likeness (QED) is 0.477. The van der Waals surface area contributed by atoms with Gasteiger partial charge in [0.15, 0.2) is 0 Å². The molecule has 188 valence electrons. The fourth-order valence-electron chi connectivity index (χ4n) is 4.16. The fourth-order valence-corrected chi connectivity index (χ4v) is 4.16. The van der Waals surface area contributed by atoms with Crippen LogP contribution in [-0.2, 0) is 0 Å². The van der Waals surface area contributed by atoms with Crippen molar-refractivity contribution < 1.29 is 22.7 Å². The average molecular weight is 510 g/mol. The van der Waals surface area contributed by atoms with Crippen molar-refractivity contribution >= 4 is 41.0 Å². The van der Waals surface area contributed by atoms with E-state index in [4.69, 9.17) is 0 Å². The Morgan fingerprint density at radius 2 is 1.60 bits per heavy atom. The number of carbonyl (C=O) groups is 1. The Balaban J connectivity index is 0.00000342. The van der Waals surface area contributed by atoms with Crippen LogP contribution in [0.15, 0.2) is 48.5 Å². The van der Waals surface area contributed by atoms with Gasteiger partial charge in [-0.25, -0.2) is 4.98 Å². The summed E-state index contributed by atoms with van der Waals surface area (Å²) in [7, 11) is 3.87. The van der Waals surface area contributed by atoms with Crippen LogP contribution in [0, 0.1) is 0 Å². The van der Waals surface area contributed by atoms with Crippen LogP contribution in [0.4, 0.5) is 24.9 Å². The second-order valence-electron chi connectivity index (χ2n) is 8.49. The van der Waals surface area contributed by atoms with Gasteiger partial charge in [-0.3, -0.25) is 4.79 Å². The molecule has 3 aromatic rings. The molecule has 1 aliphatic carbocycles. The number of carbonyl (C=O) groups excluding carboxylic acids is 1. The standard InChI is InChI=1S/C24H26F3N5O2.ClH/c1-32(2)21-17-7-3-5-9-19(17)30-23(31-21)29-16-13-11-15(12-14-16)28-22(33)18-8-4-6-10-20(18)34-24(25,26)27;/h3-10,15-16H,11-14H2,1-2H3,(H,28,33)(H,29,30,31);1H/t15-,16+;. The lowest BCUT2D eigenvalue weighted by molar-refractivity contribution is -0.274. The van der Waals surface area contributed by atoms with E-state index < -0.39 is 18.0 Å². The van der Waals surface area contributed by atoms with Crippen molar-refractivity contribution in [2.75, 3.05) is 24.3 Å². The summed E-state index contributed by atoms with van der Waals surface area (Å²) in [6.45, 7) is 0. The number of benzene rings is 2. The van der Waals surface area contributed by atoms with Gasteiger partial charge in [-0.15, -0.1) is 25.6 Å². The summed E-state index contributed by atoms with van der Waals surface area (Å²) < 4.78 is 41.9. The highest BCUT2D eigenvalue weighted by molar-refractivity contribution is 5.97. The average Bonchev–Trinajstić information content (AvgIpc) is 2.79. The van der Waals surface area contributed by atoms with Gasteiger partial charge in [0.25, 0.3) is 5.91 Å². The maximum atomic E-state index is 12.6. The van der Waals surface area contributed by atoms with Gasteiger partial charge in [-0.1, -0.05) is 24.3 Å². The lowest BCUT2D eigenvalue weighted by Gasteiger charge is -2.30. The summed E-state index contributed by atoms with van der Waals surface area (Å²) in [5.41, 5.74) is 0.713. The molecule has 0 aliphatic heterocycles. The maximum absolute atomic E-state index is 12.6. The number of amides is 1. The number of para-hydroxylation sites is 2. The molecule has 1 amide bonds. The zero-order valence-electron chi connectivity index (χ0n) is 19.3. The first-order valence-electron chi connectivity index (χ1n) is 11.1. The zero-order chi connectivity index (χ0) is 24.3. The second kappa shape index (κ2) is 11.0. The molecule has 2 aromatic carbocycles. The minimum Gasteiger partial charge on any atom is -0.405 e. The molecule has 1 heterocycles. The third-order valence-corrected chi connectivity index (χ3v) is 5.76. The highest BCUT2D eigenvalue weighted by Gasteiger charge is 2.33. The van der Waals surface area contributed by atoms with E-state index in [1.165, 1.54) is 18.2 Å². The van der Waals surface area contributed by atoms with Crippen LogP contribution in [-0.4, -0.2) is 48.4 Å². The number of hydrogen-bond donors (Lipinski definition) is 2. The van der Waals surface area contributed by atoms with Gasteiger partial charge in [0.05, 0.1) is 11.1 Å². The SMILES string of the molecule is CN(C)c1nc(N[C@H]2CC[C@@H](NC(=O)c3ccccc3OC(F)(F)F)CC2)nc2ccccc12.Cl. The van der Waals surface area contributed by atoms with Crippen molar-refractivity contribution in [3.8, 4) is 5.75 Å². The number of ether oxygens (including phenoxy) is 1. The monoisotopic (exact) mass is 509 g/mol. The number of halogens is 4. The summed E-state index contributed by atoms with van der Waals surface area (Å²) >= 11 is 0. The molecule has 11 heteroatoms. The zero-order valence-corrected chi connectivity index (χ0v) is 20.1. The molecule has 35 heavy (non-hydrogen) atoms. The highest BCUT2D eigenvalue weighted by atomic mass is 35.5. The minimum atomic E-state index is -4.86. The molecule has 1 saturated carbocycles. The summed E-state index contributed by atoms with van der Waals surface area (Å²) in [5, 5.41) is 7.22. The molecule has 0 radical (unpaired) electrons. The fraction of sp³-hybridized carbons (Fsp3) is 0.375. The van der Waals surface area contributed by atoms with Gasteiger partial charge in [-0.2, -0.15) is 4.98 Å². The van der Waals surface area contributed by atoms with Crippen molar-refractivity contribution in [2.24, 2.45) is 0 Å². The van der Waals surface area contributed by atoms with Crippen molar-refractivity contribution in [2.45, 2.75) is 44.1 Å². The number of anilines is 2. The van der Waals surface area contributed by atoms with E-state index in [0.717, 1.165) is 35.6 Å². The Morgan fingerprint density at radius 1 is 0.971 bits per heavy atom. The number of fused-ring (bicyclic) bond motifs is 1. The number of aromatic nitrogens is 2. The molecule has 4 rings (SSSR count). The van der Waals surface area contributed by atoms with Crippen LogP contribution < -0.4 is 20.3 Å². The third kappa shape index (κ3) is 6.66. The smallest absolute Gasteiger partial charge is 0.405 e. The van der Waals surface area contributed by atoms with E-state index in [1.807, 2.05) is 43.3 Å². The number of nitrogens with one attached hydrogen (secondary N) is 2. The van der Waals surface area contributed by atoms with Gasteiger partial charge in [-0.05, 0) is 49.9 Å². The van der Waals surface area contributed by atoms with Gasteiger partial charge in [0.2, 0.25) is 5.95 Å². The summed E-state index contributed by atoms with van der Waals surface area (Å²) in [4.78, 5) is 23.9. The van der Waals surface area contributed by atoms with Crippen molar-refractivity contribution in [3.05, 3.63) is 54.1 Å². The van der Waals surface area contributed by atoms with E-state index in [-0.39, 0.29) is 30.1 Å². The predicted octanol–water partition coefficient (Wildman–Crippen LogP) is 5.17. The Morgan fingerprint density at radius 3 is 2.29 bits per heavy atom. The summed E-state index contributed by atoms with van der Waals surface area (Å²) in [5.74, 6) is 0.291. The van der Waals surface area contributed by atoms with Gasteiger partial charge in [0, 0.05) is 31.6 Å². The first kappa shape index (κ1) is 26.3. The molecular weight excluding hydrogens is 483 g/mol. The van der Waals surface area contributed by atoms with E-state index >= 15 is 0 Å². The lowest BCUT2D eigenvalue weighted by atomic mass is 9.91. The molecule has 2 N–H and O–H groups in total. The van der Waals surface area contributed by atoms with Gasteiger partial charge < -0.3 is 20.3 Å². The number of nitrogens with zero attached hydrogens (tertiary/aromatic N) is 3. The van der Waals surface area contributed by atoms with Crippen molar-refractivity contribution in [1.29, 1.82) is 0 Å². The van der Waals surface area contributed by atoms with Crippen LogP contribution >= 0.6 is 12.4 Å². The van der Waals surface area contributed by atoms with E-state index in [1.54, 1.807) is 0 Å². The first-order chi connectivity index (χ1) is 16.2. The molecule has 0 unspecified atom stereocenters. The molecule has 1 aliphatic rings. The van der Waals surface area contributed by atoms with Crippen LogP contribution in [0.3, 0.4) is 0 Å². The van der Waals surface area contributed by atoms with Crippen LogP contribution in [0.2, 0.25) is 0 Å². The largest absolute Gasteiger partial charge is 0.573 e. The Kier molecular flexibility index (Phi) is 8.26. The van der Waals surface area contributed by atoms with E-state index in [0.29, 0.717) is 18.8 Å². The van der Waals surface area contributed by atoms with Crippen LogP contribution in [0.5, 0.6) is 5.75 Å². The lowest BCUT2D eigenvalue weighted by Crippen LogP contribution is -2.40. The number of rotatable bonds is 6. The third-order valence-electron chi connectivity index (χ3n) is 5.76. The Labute approximate surface area is 207 Å². The molecule has 0 saturated heterocycles. The van der Waals surface area contributed by atoms with E-state index in [9.17, 15) is 18.0 Å². The maximum Gasteiger partial charge on any atom is 0.573 e. The minimum absolute atomic E-state index is 0. The van der Waals surface area contributed by atoms with Crippen LogP contribution in [0.25, 0.3) is 10.9 Å². The van der Waals surface area contributed by atoms with Crippen LogP contribution in [0.1, 0.15) is 36.0 Å². The molecule has 0 bridgehead atoms. The van der Waals surface area contributed by atoms with Crippen molar-refractivity contribution in [1.82, 2.24) is 15.3 Å². The predicted molar refractivity (Wildman–Crippen MR) is 131 cm³/mol. The summed E-state index contributed by atoms with van der Waals surface area (Å²) in [6, 6.07) is 13.2. The second-order valence-corrected chi connectivity index (χ2v) is 8.49. The molecule has 0 atom stereocenters. The normalized spacial score (nSPS) is 17.9. The van der Waals surface area contributed by atoms with E-state index in [2.05, 4.69) is 25.3 Å². The molecule has 1 aromatic heterocycles. The first-order valence-corrected chi connectivity index (χ1v) is 11.1. The van der Waals surface area contributed by atoms with Gasteiger partial charge >= 0.3 is 6.36 Å². The Bertz CT molecular complexity index is 1170. The number of hydrogen-bond acceptors (Lipinski definition) is 6. The molecule has 7 nitrogen and oxygen atoms in total. The van der Waals surface area contributed by atoms with Gasteiger partial charge in [0.1, 0.15) is 11.6 Å². The Hall–Kier alpha value is -3.27. The summed E-state index contributed by atoms with van der Waals surface area (Å²) in [6.07, 6.45) is -1.98. The topological polar surface area (TPSA) is 79.4 Å². The highest BCUT2D eigenvalue weighted by Crippen LogP contribution is 2.28. The molecule has 1 fully saturated rings. The number of alkyl halides is 3. The molecular formula is C24H27ClF3N5O2. The van der Waals surface area contributed by atoms with Crippen molar-refractivity contribution in [3.63, 3.8) is 0 Å².